The Bertz CT molecular complexity index is 968. The summed E-state index contributed by atoms with van der Waals surface area (Å²) in [5, 5.41) is 8.27. The van der Waals surface area contributed by atoms with Crippen molar-refractivity contribution in [3.63, 3.8) is 0 Å². The lowest BCUT2D eigenvalue weighted by atomic mass is 10.1. The highest BCUT2D eigenvalue weighted by atomic mass is 16.1. The molecule has 5 nitrogen and oxygen atoms in total. The molecule has 2 heterocycles. The summed E-state index contributed by atoms with van der Waals surface area (Å²) in [6.07, 6.45) is 3.69. The van der Waals surface area contributed by atoms with Gasteiger partial charge in [0.2, 0.25) is 0 Å². The quantitative estimate of drug-likeness (QED) is 0.589. The molecule has 0 aliphatic heterocycles. The van der Waals surface area contributed by atoms with Crippen LogP contribution in [0.1, 0.15) is 21.6 Å². The van der Waals surface area contributed by atoms with E-state index in [1.807, 2.05) is 65.5 Å². The zero-order valence-corrected chi connectivity index (χ0v) is 13.6. The minimum Gasteiger partial charge on any atom is -0.351 e. The molecule has 0 bridgehead atoms. The fourth-order valence-electron chi connectivity index (χ4n) is 2.92. The van der Waals surface area contributed by atoms with Gasteiger partial charge in [0.25, 0.3) is 5.91 Å². The lowest BCUT2D eigenvalue weighted by molar-refractivity contribution is 0.0946. The number of aromatic nitrogens is 3. The number of benzene rings is 2. The van der Waals surface area contributed by atoms with E-state index in [1.54, 1.807) is 6.20 Å². The smallest absolute Gasteiger partial charge is 0.267 e. The average Bonchev–Trinajstić information content (AvgIpc) is 3.30. The molecule has 0 aliphatic rings. The summed E-state index contributed by atoms with van der Waals surface area (Å²) >= 11 is 0. The topological polar surface area (TPSA) is 62.7 Å². The van der Waals surface area contributed by atoms with Crippen molar-refractivity contribution in [2.75, 3.05) is 0 Å². The predicted octanol–water partition coefficient (Wildman–Crippen LogP) is 3.34. The van der Waals surface area contributed by atoms with Gasteiger partial charge >= 0.3 is 0 Å². The SMILES string of the molecule is O=C(NCc1ccccc1Cn1cccn1)c1cc2ccccc2[nH]1. The minimum atomic E-state index is -0.106. The first kappa shape index (κ1) is 15.2. The van der Waals surface area contributed by atoms with Crippen LogP contribution in [-0.2, 0) is 13.1 Å². The summed E-state index contributed by atoms with van der Waals surface area (Å²) in [4.78, 5) is 15.6. The van der Waals surface area contributed by atoms with Gasteiger partial charge in [0.1, 0.15) is 5.69 Å². The maximum absolute atomic E-state index is 12.5. The largest absolute Gasteiger partial charge is 0.351 e. The number of carbonyl (C=O) groups is 1. The Balaban J connectivity index is 1.48. The fraction of sp³-hybridized carbons (Fsp3) is 0.100. The van der Waals surface area contributed by atoms with Crippen LogP contribution in [0.2, 0.25) is 0 Å². The molecule has 0 radical (unpaired) electrons. The van der Waals surface area contributed by atoms with Crippen LogP contribution in [0.4, 0.5) is 0 Å². The number of aromatic amines is 1. The Morgan fingerprint density at radius 3 is 2.64 bits per heavy atom. The maximum atomic E-state index is 12.5. The number of para-hydroxylation sites is 1. The van der Waals surface area contributed by atoms with Gasteiger partial charge in [-0.2, -0.15) is 5.10 Å². The summed E-state index contributed by atoms with van der Waals surface area (Å²) in [6, 6.07) is 19.7. The van der Waals surface area contributed by atoms with Crippen molar-refractivity contribution >= 4 is 16.8 Å². The van der Waals surface area contributed by atoms with E-state index < -0.39 is 0 Å². The first-order valence-corrected chi connectivity index (χ1v) is 8.20. The second-order valence-corrected chi connectivity index (χ2v) is 5.93. The van der Waals surface area contributed by atoms with Crippen molar-refractivity contribution in [1.29, 1.82) is 0 Å². The number of rotatable bonds is 5. The van der Waals surface area contributed by atoms with Crippen LogP contribution in [0.25, 0.3) is 10.9 Å². The summed E-state index contributed by atoms with van der Waals surface area (Å²) < 4.78 is 1.87. The Morgan fingerprint density at radius 2 is 1.84 bits per heavy atom. The van der Waals surface area contributed by atoms with Crippen LogP contribution in [-0.4, -0.2) is 20.7 Å². The zero-order valence-electron chi connectivity index (χ0n) is 13.6. The van der Waals surface area contributed by atoms with Gasteiger partial charge in [0, 0.05) is 29.8 Å². The molecule has 2 aromatic heterocycles. The number of nitrogens with one attached hydrogen (secondary N) is 2. The molecule has 5 heteroatoms. The fourth-order valence-corrected chi connectivity index (χ4v) is 2.92. The minimum absolute atomic E-state index is 0.106. The number of nitrogens with zero attached hydrogens (tertiary/aromatic N) is 2. The van der Waals surface area contributed by atoms with E-state index >= 15 is 0 Å². The van der Waals surface area contributed by atoms with Crippen LogP contribution in [0, 0.1) is 0 Å². The third-order valence-electron chi connectivity index (χ3n) is 4.22. The van der Waals surface area contributed by atoms with Gasteiger partial charge in [0.05, 0.1) is 6.54 Å². The Morgan fingerprint density at radius 1 is 1.04 bits per heavy atom. The van der Waals surface area contributed by atoms with Gasteiger partial charge in [-0.25, -0.2) is 0 Å². The summed E-state index contributed by atoms with van der Waals surface area (Å²) in [5.74, 6) is -0.106. The summed E-state index contributed by atoms with van der Waals surface area (Å²) in [7, 11) is 0. The molecule has 2 N–H and O–H groups in total. The van der Waals surface area contributed by atoms with Crippen molar-refractivity contribution in [2.45, 2.75) is 13.1 Å². The van der Waals surface area contributed by atoms with Gasteiger partial charge in [0.15, 0.2) is 0 Å². The number of fused-ring (bicyclic) bond motifs is 1. The number of hydrogen-bond donors (Lipinski definition) is 2. The predicted molar refractivity (Wildman–Crippen MR) is 97.2 cm³/mol. The van der Waals surface area contributed by atoms with E-state index in [4.69, 9.17) is 0 Å². The van der Waals surface area contributed by atoms with Crippen LogP contribution in [0.5, 0.6) is 0 Å². The van der Waals surface area contributed by atoms with Gasteiger partial charge in [-0.05, 0) is 29.3 Å². The third kappa shape index (κ3) is 3.30. The number of H-pyrrole nitrogens is 1. The second kappa shape index (κ2) is 6.65. The number of hydrogen-bond acceptors (Lipinski definition) is 2. The Labute approximate surface area is 145 Å². The lowest BCUT2D eigenvalue weighted by Crippen LogP contribution is -2.24. The van der Waals surface area contributed by atoms with Crippen LogP contribution in [0.15, 0.2) is 73.1 Å². The van der Waals surface area contributed by atoms with E-state index in [-0.39, 0.29) is 5.91 Å². The van der Waals surface area contributed by atoms with E-state index in [0.29, 0.717) is 18.8 Å². The van der Waals surface area contributed by atoms with Crippen molar-refractivity contribution in [1.82, 2.24) is 20.1 Å². The molecule has 0 unspecified atom stereocenters. The number of carbonyl (C=O) groups excluding carboxylic acids is 1. The van der Waals surface area contributed by atoms with E-state index in [9.17, 15) is 4.79 Å². The standard InChI is InChI=1S/C20H18N4O/c25-20(19-12-15-6-3-4-9-18(15)23-19)21-13-16-7-1-2-8-17(16)14-24-11-5-10-22-24/h1-12,23H,13-14H2,(H,21,25). The molecular formula is C20H18N4O. The Hall–Kier alpha value is -3.34. The van der Waals surface area contributed by atoms with Gasteiger partial charge in [-0.1, -0.05) is 42.5 Å². The second-order valence-electron chi connectivity index (χ2n) is 5.93. The van der Waals surface area contributed by atoms with Crippen molar-refractivity contribution in [2.24, 2.45) is 0 Å². The average molecular weight is 330 g/mol. The first-order valence-electron chi connectivity index (χ1n) is 8.20. The molecule has 4 aromatic rings. The zero-order chi connectivity index (χ0) is 17.1. The molecule has 124 valence electrons. The van der Waals surface area contributed by atoms with Crippen LogP contribution >= 0.6 is 0 Å². The molecule has 0 aliphatic carbocycles. The van der Waals surface area contributed by atoms with Gasteiger partial charge in [-0.15, -0.1) is 0 Å². The number of amides is 1. The van der Waals surface area contributed by atoms with E-state index in [1.165, 1.54) is 0 Å². The molecular weight excluding hydrogens is 312 g/mol. The highest BCUT2D eigenvalue weighted by Crippen LogP contribution is 2.15. The van der Waals surface area contributed by atoms with E-state index in [0.717, 1.165) is 22.0 Å². The monoisotopic (exact) mass is 330 g/mol. The highest BCUT2D eigenvalue weighted by molar-refractivity contribution is 5.97. The van der Waals surface area contributed by atoms with Crippen molar-refractivity contribution in [3.05, 3.63) is 89.9 Å². The highest BCUT2D eigenvalue weighted by Gasteiger charge is 2.10. The molecule has 1 amide bonds. The summed E-state index contributed by atoms with van der Waals surface area (Å²) in [5.41, 5.74) is 3.77. The molecule has 0 saturated heterocycles. The lowest BCUT2D eigenvalue weighted by Gasteiger charge is -2.10. The van der Waals surface area contributed by atoms with Crippen LogP contribution < -0.4 is 5.32 Å². The molecule has 0 saturated carbocycles. The first-order chi connectivity index (χ1) is 12.3. The summed E-state index contributed by atoms with van der Waals surface area (Å²) in [6.45, 7) is 1.16. The van der Waals surface area contributed by atoms with Crippen LogP contribution in [0.3, 0.4) is 0 Å². The van der Waals surface area contributed by atoms with Gasteiger partial charge < -0.3 is 10.3 Å². The molecule has 0 atom stereocenters. The van der Waals surface area contributed by atoms with E-state index in [2.05, 4.69) is 21.5 Å². The van der Waals surface area contributed by atoms with Gasteiger partial charge in [-0.3, -0.25) is 9.48 Å². The van der Waals surface area contributed by atoms with Crippen molar-refractivity contribution < 1.29 is 4.79 Å². The molecule has 0 spiro atoms. The normalized spacial score (nSPS) is 10.9. The molecule has 4 rings (SSSR count). The molecule has 25 heavy (non-hydrogen) atoms. The third-order valence-corrected chi connectivity index (χ3v) is 4.22. The van der Waals surface area contributed by atoms with Crippen molar-refractivity contribution in [3.8, 4) is 0 Å². The molecule has 0 fully saturated rings. The maximum Gasteiger partial charge on any atom is 0.267 e. The Kier molecular flexibility index (Phi) is 4.04. The molecule has 2 aromatic carbocycles.